The van der Waals surface area contributed by atoms with Crippen LogP contribution >= 0.6 is 15.9 Å². The number of rotatable bonds is 4. The van der Waals surface area contributed by atoms with Gasteiger partial charge in [0.2, 0.25) is 0 Å². The Hall–Kier alpha value is -1.47. The van der Waals surface area contributed by atoms with Crippen LogP contribution in [0.1, 0.15) is 10.4 Å². The number of methoxy groups -OCH3 is 1. The van der Waals surface area contributed by atoms with Crippen LogP contribution in [0.5, 0.6) is 0 Å². The summed E-state index contributed by atoms with van der Waals surface area (Å²) in [4.78, 5) is 22.9. The molecule has 0 aliphatic rings. The molecule has 7 heteroatoms. The average molecular weight is 320 g/mol. The normalized spacial score (nSPS) is 11.8. The third kappa shape index (κ3) is 3.78. The van der Waals surface area contributed by atoms with E-state index < -0.39 is 30.3 Å². The maximum atomic E-state index is 13.1. The lowest BCUT2D eigenvalue weighted by Crippen LogP contribution is -2.44. The number of esters is 1. The first-order chi connectivity index (χ1) is 8.47. The summed E-state index contributed by atoms with van der Waals surface area (Å²) < 4.78 is 17.9. The topological polar surface area (TPSA) is 75.6 Å². The molecule has 18 heavy (non-hydrogen) atoms. The van der Waals surface area contributed by atoms with Gasteiger partial charge in [-0.05, 0) is 18.2 Å². The standard InChI is InChI=1S/C11H11BrFNO4/c1-18-11(17)9(5-15)14-10(16)6-2-7(12)4-8(13)3-6/h2-4,9,15H,5H2,1H3,(H,14,16). The van der Waals surface area contributed by atoms with Crippen LogP contribution in [0.15, 0.2) is 22.7 Å². The first-order valence-corrected chi connectivity index (χ1v) is 5.73. The maximum Gasteiger partial charge on any atom is 0.330 e. The van der Waals surface area contributed by atoms with E-state index in [1.807, 2.05) is 0 Å². The molecule has 0 heterocycles. The Labute approximate surface area is 111 Å². The van der Waals surface area contributed by atoms with Gasteiger partial charge in [-0.15, -0.1) is 0 Å². The highest BCUT2D eigenvalue weighted by Gasteiger charge is 2.21. The van der Waals surface area contributed by atoms with Gasteiger partial charge in [-0.25, -0.2) is 9.18 Å². The predicted octanol–water partition coefficient (Wildman–Crippen LogP) is 0.852. The largest absolute Gasteiger partial charge is 0.467 e. The minimum absolute atomic E-state index is 0.0317. The lowest BCUT2D eigenvalue weighted by molar-refractivity contribution is -0.143. The van der Waals surface area contributed by atoms with E-state index in [1.54, 1.807) is 0 Å². The molecule has 5 nitrogen and oxygen atoms in total. The molecule has 1 aromatic carbocycles. The van der Waals surface area contributed by atoms with E-state index in [1.165, 1.54) is 12.1 Å². The van der Waals surface area contributed by atoms with Gasteiger partial charge < -0.3 is 15.2 Å². The van der Waals surface area contributed by atoms with Crippen molar-refractivity contribution in [1.29, 1.82) is 0 Å². The smallest absolute Gasteiger partial charge is 0.330 e. The summed E-state index contributed by atoms with van der Waals surface area (Å²) >= 11 is 3.05. The minimum atomic E-state index is -1.18. The highest BCUT2D eigenvalue weighted by atomic mass is 79.9. The SMILES string of the molecule is COC(=O)C(CO)NC(=O)c1cc(F)cc(Br)c1. The van der Waals surface area contributed by atoms with Gasteiger partial charge in [-0.2, -0.15) is 0 Å². The third-order valence-electron chi connectivity index (χ3n) is 2.10. The molecule has 1 unspecified atom stereocenters. The van der Waals surface area contributed by atoms with Crippen LogP contribution < -0.4 is 5.32 Å². The zero-order valence-corrected chi connectivity index (χ0v) is 11.0. The number of hydrogen-bond donors (Lipinski definition) is 2. The van der Waals surface area contributed by atoms with Gasteiger partial charge in [0.25, 0.3) is 5.91 Å². The molecule has 0 bridgehead atoms. The number of amides is 1. The summed E-state index contributed by atoms with van der Waals surface area (Å²) in [5.41, 5.74) is 0.0317. The molecule has 98 valence electrons. The van der Waals surface area contributed by atoms with E-state index in [2.05, 4.69) is 26.0 Å². The zero-order valence-electron chi connectivity index (χ0n) is 9.44. The van der Waals surface area contributed by atoms with E-state index in [0.717, 1.165) is 13.2 Å². The molecule has 0 aliphatic heterocycles. The molecule has 1 aromatic rings. The van der Waals surface area contributed by atoms with Crippen molar-refractivity contribution in [1.82, 2.24) is 5.32 Å². The molecule has 0 saturated carbocycles. The molecule has 0 aromatic heterocycles. The Kier molecular flexibility index (Phi) is 5.24. The van der Waals surface area contributed by atoms with Crippen LogP contribution in [0, 0.1) is 5.82 Å². The van der Waals surface area contributed by atoms with Gasteiger partial charge in [-0.1, -0.05) is 15.9 Å². The second-order valence-corrected chi connectivity index (χ2v) is 4.31. The van der Waals surface area contributed by atoms with Gasteiger partial charge in [0, 0.05) is 10.0 Å². The quantitative estimate of drug-likeness (QED) is 0.807. The van der Waals surface area contributed by atoms with Crippen molar-refractivity contribution in [3.05, 3.63) is 34.1 Å². The number of aliphatic hydroxyl groups is 1. The Morgan fingerprint density at radius 3 is 2.67 bits per heavy atom. The van der Waals surface area contributed by atoms with Gasteiger partial charge in [-0.3, -0.25) is 4.79 Å². The van der Waals surface area contributed by atoms with E-state index in [0.29, 0.717) is 4.47 Å². The molecule has 0 saturated heterocycles. The van der Waals surface area contributed by atoms with E-state index in [9.17, 15) is 14.0 Å². The van der Waals surface area contributed by atoms with Gasteiger partial charge in [0.15, 0.2) is 6.04 Å². The summed E-state index contributed by atoms with van der Waals surface area (Å²) in [6.07, 6.45) is 0. The number of carbonyl (C=O) groups excluding carboxylic acids is 2. The number of nitrogens with one attached hydrogen (secondary N) is 1. The number of carbonyl (C=O) groups is 2. The second kappa shape index (κ2) is 6.46. The molecular weight excluding hydrogens is 309 g/mol. The molecule has 0 fully saturated rings. The summed E-state index contributed by atoms with van der Waals surface area (Å²) in [7, 11) is 1.13. The Morgan fingerprint density at radius 1 is 1.50 bits per heavy atom. The van der Waals surface area contributed by atoms with Crippen molar-refractivity contribution in [2.45, 2.75) is 6.04 Å². The van der Waals surface area contributed by atoms with Crippen molar-refractivity contribution in [3.8, 4) is 0 Å². The van der Waals surface area contributed by atoms with Gasteiger partial charge >= 0.3 is 5.97 Å². The zero-order chi connectivity index (χ0) is 13.7. The van der Waals surface area contributed by atoms with Crippen LogP contribution in [0.4, 0.5) is 4.39 Å². The summed E-state index contributed by atoms with van der Waals surface area (Å²) in [5, 5.41) is 11.2. The Bertz CT molecular complexity index is 446. The third-order valence-corrected chi connectivity index (χ3v) is 2.56. The van der Waals surface area contributed by atoms with Crippen LogP contribution in [0.2, 0.25) is 0 Å². The lowest BCUT2D eigenvalue weighted by Gasteiger charge is -2.13. The highest BCUT2D eigenvalue weighted by Crippen LogP contribution is 2.14. The second-order valence-electron chi connectivity index (χ2n) is 3.39. The number of ether oxygens (including phenoxy) is 1. The van der Waals surface area contributed by atoms with Crippen molar-refractivity contribution in [2.75, 3.05) is 13.7 Å². The van der Waals surface area contributed by atoms with Gasteiger partial charge in [0.1, 0.15) is 5.82 Å². The Morgan fingerprint density at radius 2 is 2.17 bits per heavy atom. The number of halogens is 2. The minimum Gasteiger partial charge on any atom is -0.467 e. The molecule has 1 rings (SSSR count). The number of hydrogen-bond acceptors (Lipinski definition) is 4. The van der Waals surface area contributed by atoms with Crippen molar-refractivity contribution < 1.29 is 23.8 Å². The molecule has 1 amide bonds. The fourth-order valence-electron chi connectivity index (χ4n) is 1.25. The van der Waals surface area contributed by atoms with Crippen LogP contribution in [-0.4, -0.2) is 36.7 Å². The van der Waals surface area contributed by atoms with Crippen molar-refractivity contribution >= 4 is 27.8 Å². The van der Waals surface area contributed by atoms with E-state index >= 15 is 0 Å². The molecule has 1 atom stereocenters. The molecule has 0 radical (unpaired) electrons. The van der Waals surface area contributed by atoms with Gasteiger partial charge in [0.05, 0.1) is 13.7 Å². The first-order valence-electron chi connectivity index (χ1n) is 4.93. The monoisotopic (exact) mass is 319 g/mol. The number of aliphatic hydroxyl groups excluding tert-OH is 1. The average Bonchev–Trinajstić information content (AvgIpc) is 2.33. The maximum absolute atomic E-state index is 13.1. The summed E-state index contributed by atoms with van der Waals surface area (Å²) in [6.45, 7) is -0.602. The first kappa shape index (κ1) is 14.6. The molecule has 0 aliphatic carbocycles. The van der Waals surface area contributed by atoms with E-state index in [-0.39, 0.29) is 5.56 Å². The molecule has 0 spiro atoms. The predicted molar refractivity (Wildman–Crippen MR) is 64.5 cm³/mol. The van der Waals surface area contributed by atoms with Crippen molar-refractivity contribution in [2.24, 2.45) is 0 Å². The fraction of sp³-hybridized carbons (Fsp3) is 0.273. The molecular formula is C11H11BrFNO4. The molecule has 2 N–H and O–H groups in total. The van der Waals surface area contributed by atoms with Crippen molar-refractivity contribution in [3.63, 3.8) is 0 Å². The summed E-state index contributed by atoms with van der Waals surface area (Å²) in [6, 6.07) is 2.43. The van der Waals surface area contributed by atoms with Crippen LogP contribution in [-0.2, 0) is 9.53 Å². The van der Waals surface area contributed by atoms with E-state index in [4.69, 9.17) is 5.11 Å². The number of benzene rings is 1. The fourth-order valence-corrected chi connectivity index (χ4v) is 1.71. The van der Waals surface area contributed by atoms with Crippen LogP contribution in [0.3, 0.4) is 0 Å². The Balaban J connectivity index is 2.84. The summed E-state index contributed by atoms with van der Waals surface area (Å²) in [5.74, 6) is -2.05. The lowest BCUT2D eigenvalue weighted by atomic mass is 10.2. The van der Waals surface area contributed by atoms with Crippen LogP contribution in [0.25, 0.3) is 0 Å². The highest BCUT2D eigenvalue weighted by molar-refractivity contribution is 9.10.